The Kier molecular flexibility index (Phi) is 3.14. The molecule has 0 aromatic carbocycles. The zero-order valence-electron chi connectivity index (χ0n) is 9.81. The number of nitrogens with one attached hydrogen (secondary N) is 1. The third kappa shape index (κ3) is 2.65. The average molecular weight is 235 g/mol. The van der Waals surface area contributed by atoms with E-state index in [0.29, 0.717) is 23.1 Å². The highest BCUT2D eigenvalue weighted by atomic mass is 16.1. The fourth-order valence-corrected chi connectivity index (χ4v) is 2.02. The van der Waals surface area contributed by atoms with E-state index in [1.165, 1.54) is 6.20 Å². The lowest BCUT2D eigenvalue weighted by atomic mass is 10.2. The van der Waals surface area contributed by atoms with E-state index in [1.807, 2.05) is 0 Å². The van der Waals surface area contributed by atoms with Gasteiger partial charge in [-0.2, -0.15) is 0 Å². The second-order valence-corrected chi connectivity index (χ2v) is 4.41. The topological polar surface area (TPSA) is 97.3 Å². The standard InChI is InChI=1S/C11H17N5O/c1-16-3-2-7(6-16)15-10-4-8(11(13)17)9(12)5-14-10/h4-5,7H,2-3,6,12H2,1H3,(H2,13,17)(H,14,15). The van der Waals surface area contributed by atoms with Gasteiger partial charge in [-0.05, 0) is 26.1 Å². The fraction of sp³-hybridized carbons (Fsp3) is 0.455. The molecule has 5 N–H and O–H groups in total. The van der Waals surface area contributed by atoms with Crippen molar-refractivity contribution >= 4 is 17.4 Å². The largest absolute Gasteiger partial charge is 0.397 e. The maximum atomic E-state index is 11.1. The van der Waals surface area contributed by atoms with Crippen LogP contribution in [0.2, 0.25) is 0 Å². The molecule has 2 heterocycles. The molecule has 1 saturated heterocycles. The number of hydrogen-bond donors (Lipinski definition) is 3. The van der Waals surface area contributed by atoms with E-state index in [-0.39, 0.29) is 0 Å². The molecule has 1 aliphatic heterocycles. The molecule has 0 radical (unpaired) electrons. The van der Waals surface area contributed by atoms with E-state index in [1.54, 1.807) is 6.07 Å². The van der Waals surface area contributed by atoms with Gasteiger partial charge in [-0.1, -0.05) is 0 Å². The lowest BCUT2D eigenvalue weighted by Gasteiger charge is -2.14. The maximum Gasteiger partial charge on any atom is 0.250 e. The van der Waals surface area contributed by atoms with Crippen molar-refractivity contribution in [2.75, 3.05) is 31.2 Å². The van der Waals surface area contributed by atoms with Crippen LogP contribution in [0.4, 0.5) is 11.5 Å². The first-order valence-electron chi connectivity index (χ1n) is 5.56. The predicted octanol–water partition coefficient (Wildman–Crippen LogP) is -0.121. The molecule has 17 heavy (non-hydrogen) atoms. The van der Waals surface area contributed by atoms with Crippen LogP contribution >= 0.6 is 0 Å². The molecule has 1 unspecified atom stereocenters. The molecule has 6 heteroatoms. The molecule has 0 spiro atoms. The van der Waals surface area contributed by atoms with Crippen LogP contribution in [0, 0.1) is 0 Å². The minimum absolute atomic E-state index is 0.312. The summed E-state index contributed by atoms with van der Waals surface area (Å²) in [6.45, 7) is 2.03. The van der Waals surface area contributed by atoms with Gasteiger partial charge < -0.3 is 21.7 Å². The number of nitrogen functional groups attached to an aromatic ring is 1. The highest BCUT2D eigenvalue weighted by molar-refractivity contribution is 5.98. The minimum atomic E-state index is -0.531. The Bertz CT molecular complexity index is 434. The number of amides is 1. The van der Waals surface area contributed by atoms with E-state index < -0.39 is 5.91 Å². The Morgan fingerprint density at radius 1 is 1.65 bits per heavy atom. The predicted molar refractivity (Wildman–Crippen MR) is 66.7 cm³/mol. The van der Waals surface area contributed by atoms with Gasteiger partial charge >= 0.3 is 0 Å². The van der Waals surface area contributed by atoms with Crippen LogP contribution in [0.3, 0.4) is 0 Å². The number of likely N-dealkylation sites (N-methyl/N-ethyl adjacent to an activating group) is 1. The fourth-order valence-electron chi connectivity index (χ4n) is 2.02. The van der Waals surface area contributed by atoms with Crippen molar-refractivity contribution in [2.45, 2.75) is 12.5 Å². The smallest absolute Gasteiger partial charge is 0.250 e. The number of carbonyl (C=O) groups is 1. The molecule has 1 fully saturated rings. The minimum Gasteiger partial charge on any atom is -0.397 e. The van der Waals surface area contributed by atoms with Gasteiger partial charge in [0.1, 0.15) is 5.82 Å². The number of rotatable bonds is 3. The van der Waals surface area contributed by atoms with Gasteiger partial charge in [-0.25, -0.2) is 4.98 Å². The highest BCUT2D eigenvalue weighted by Gasteiger charge is 2.19. The van der Waals surface area contributed by atoms with E-state index in [2.05, 4.69) is 22.2 Å². The van der Waals surface area contributed by atoms with Crippen LogP contribution in [-0.4, -0.2) is 42.0 Å². The zero-order chi connectivity index (χ0) is 12.4. The second kappa shape index (κ2) is 4.58. The number of primary amides is 1. The first kappa shape index (κ1) is 11.7. The molecule has 6 nitrogen and oxygen atoms in total. The summed E-state index contributed by atoms with van der Waals surface area (Å²) in [7, 11) is 2.08. The average Bonchev–Trinajstić information content (AvgIpc) is 2.66. The van der Waals surface area contributed by atoms with Crippen LogP contribution < -0.4 is 16.8 Å². The first-order valence-corrected chi connectivity index (χ1v) is 5.56. The number of aromatic nitrogens is 1. The number of nitrogens with two attached hydrogens (primary N) is 2. The molecular weight excluding hydrogens is 218 g/mol. The third-order valence-corrected chi connectivity index (χ3v) is 2.94. The number of nitrogens with zero attached hydrogens (tertiary/aromatic N) is 2. The Hall–Kier alpha value is -1.82. The summed E-state index contributed by atoms with van der Waals surface area (Å²) in [6.07, 6.45) is 2.52. The molecule has 0 bridgehead atoms. The molecule has 1 aromatic heterocycles. The monoisotopic (exact) mass is 235 g/mol. The van der Waals surface area contributed by atoms with Gasteiger partial charge in [0, 0.05) is 12.6 Å². The summed E-state index contributed by atoms with van der Waals surface area (Å²) in [5, 5.41) is 3.28. The highest BCUT2D eigenvalue weighted by Crippen LogP contribution is 2.17. The zero-order valence-corrected chi connectivity index (χ0v) is 9.81. The van der Waals surface area contributed by atoms with E-state index >= 15 is 0 Å². The normalized spacial score (nSPS) is 20.4. The third-order valence-electron chi connectivity index (χ3n) is 2.94. The summed E-state index contributed by atoms with van der Waals surface area (Å²) in [5.41, 5.74) is 11.5. The van der Waals surface area contributed by atoms with Crippen LogP contribution in [0.15, 0.2) is 12.3 Å². The quantitative estimate of drug-likeness (QED) is 0.678. The lowest BCUT2D eigenvalue weighted by Crippen LogP contribution is -2.24. The summed E-state index contributed by atoms with van der Waals surface area (Å²) >= 11 is 0. The van der Waals surface area contributed by atoms with Crippen LogP contribution in [0.25, 0.3) is 0 Å². The van der Waals surface area contributed by atoms with E-state index in [0.717, 1.165) is 19.5 Å². The van der Waals surface area contributed by atoms with Gasteiger partial charge in [-0.15, -0.1) is 0 Å². The maximum absolute atomic E-state index is 11.1. The molecule has 0 saturated carbocycles. The van der Waals surface area contributed by atoms with Gasteiger partial charge in [0.15, 0.2) is 0 Å². The number of pyridine rings is 1. The van der Waals surface area contributed by atoms with Gasteiger partial charge in [0.25, 0.3) is 5.91 Å². The summed E-state index contributed by atoms with van der Waals surface area (Å²) in [5.74, 6) is 0.116. The SMILES string of the molecule is CN1CCC(Nc2cc(C(N)=O)c(N)cn2)C1. The van der Waals surface area contributed by atoms with Crippen molar-refractivity contribution < 1.29 is 4.79 Å². The first-order chi connectivity index (χ1) is 8.06. The van der Waals surface area contributed by atoms with Crippen molar-refractivity contribution in [2.24, 2.45) is 5.73 Å². The molecule has 1 aliphatic rings. The summed E-state index contributed by atoms with van der Waals surface area (Å²) in [4.78, 5) is 17.5. The van der Waals surface area contributed by atoms with E-state index in [9.17, 15) is 4.79 Å². The molecule has 1 amide bonds. The molecule has 1 aromatic rings. The number of anilines is 2. The molecule has 2 rings (SSSR count). The van der Waals surface area contributed by atoms with Crippen LogP contribution in [0.1, 0.15) is 16.8 Å². The summed E-state index contributed by atoms with van der Waals surface area (Å²) in [6, 6.07) is 1.97. The van der Waals surface area contributed by atoms with Crippen LogP contribution in [-0.2, 0) is 0 Å². The Balaban J connectivity index is 2.11. The second-order valence-electron chi connectivity index (χ2n) is 4.41. The number of likely N-dealkylation sites (tertiary alicyclic amines) is 1. The van der Waals surface area contributed by atoms with Gasteiger partial charge in [-0.3, -0.25) is 4.79 Å². The molecule has 0 aliphatic carbocycles. The summed E-state index contributed by atoms with van der Waals surface area (Å²) < 4.78 is 0. The Morgan fingerprint density at radius 3 is 3.00 bits per heavy atom. The number of carbonyl (C=O) groups excluding carboxylic acids is 1. The van der Waals surface area contributed by atoms with Crippen molar-refractivity contribution in [3.8, 4) is 0 Å². The molecule has 1 atom stereocenters. The van der Waals surface area contributed by atoms with Crippen molar-refractivity contribution in [3.05, 3.63) is 17.8 Å². The number of hydrogen-bond acceptors (Lipinski definition) is 5. The van der Waals surface area contributed by atoms with Gasteiger partial charge in [0.05, 0.1) is 17.4 Å². The van der Waals surface area contributed by atoms with Gasteiger partial charge in [0.2, 0.25) is 0 Å². The molecular formula is C11H17N5O. The molecule has 92 valence electrons. The Morgan fingerprint density at radius 2 is 2.41 bits per heavy atom. The van der Waals surface area contributed by atoms with Crippen LogP contribution in [0.5, 0.6) is 0 Å². The van der Waals surface area contributed by atoms with Crippen molar-refractivity contribution in [1.82, 2.24) is 9.88 Å². The van der Waals surface area contributed by atoms with E-state index in [4.69, 9.17) is 11.5 Å². The Labute approximate surface area is 100.0 Å². The lowest BCUT2D eigenvalue weighted by molar-refractivity contribution is 0.100. The van der Waals surface area contributed by atoms with Crippen molar-refractivity contribution in [3.63, 3.8) is 0 Å². The van der Waals surface area contributed by atoms with Crippen molar-refractivity contribution in [1.29, 1.82) is 0 Å².